The van der Waals surface area contributed by atoms with Gasteiger partial charge in [-0.25, -0.2) is 9.59 Å². The molecule has 6 nitrogen and oxygen atoms in total. The topological polar surface area (TPSA) is 59.1 Å². The number of fused-ring (bicyclic) bond motifs is 1. The van der Waals surface area contributed by atoms with Crippen LogP contribution in [0.15, 0.2) is 229 Å². The predicted octanol–water partition coefficient (Wildman–Crippen LogP) is 14.6. The molecule has 61 heavy (non-hydrogen) atoms. The SMILES string of the molecule is O=C(Oc1cccc(N(c2ccccc2)c2ccc(-c3ccc(N(c4ccccc4)c4cccc(OC(=O)c5ccc6ccccc6c5)c4)cc3)cc2)c1)c1ccc(Br)cc1. The van der Waals surface area contributed by atoms with Gasteiger partial charge in [-0.15, -0.1) is 0 Å². The number of hydrogen-bond donors (Lipinski definition) is 0. The van der Waals surface area contributed by atoms with Crippen molar-refractivity contribution in [1.82, 2.24) is 0 Å². The van der Waals surface area contributed by atoms with E-state index in [2.05, 4.69) is 98.5 Å². The van der Waals surface area contributed by atoms with Gasteiger partial charge in [-0.1, -0.05) is 119 Å². The third-order valence-electron chi connectivity index (χ3n) is 10.3. The fourth-order valence-electron chi connectivity index (χ4n) is 7.26. The molecule has 0 unspecified atom stereocenters. The lowest BCUT2D eigenvalue weighted by molar-refractivity contribution is 0.0725. The summed E-state index contributed by atoms with van der Waals surface area (Å²) in [5.41, 5.74) is 8.57. The van der Waals surface area contributed by atoms with Gasteiger partial charge in [0.2, 0.25) is 0 Å². The maximum absolute atomic E-state index is 13.3. The summed E-state index contributed by atoms with van der Waals surface area (Å²) >= 11 is 3.42. The number of carbonyl (C=O) groups is 2. The van der Waals surface area contributed by atoms with Gasteiger partial charge < -0.3 is 19.3 Å². The van der Waals surface area contributed by atoms with Gasteiger partial charge in [-0.2, -0.15) is 0 Å². The second-order valence-corrected chi connectivity index (χ2v) is 15.2. The predicted molar refractivity (Wildman–Crippen MR) is 249 cm³/mol. The molecule has 0 N–H and O–H groups in total. The van der Waals surface area contributed by atoms with Gasteiger partial charge in [-0.05, 0) is 131 Å². The zero-order valence-electron chi connectivity index (χ0n) is 32.8. The van der Waals surface area contributed by atoms with Gasteiger partial charge in [0, 0.05) is 50.7 Å². The van der Waals surface area contributed by atoms with Gasteiger partial charge in [0.15, 0.2) is 0 Å². The summed E-state index contributed by atoms with van der Waals surface area (Å²) < 4.78 is 12.6. The van der Waals surface area contributed by atoms with Crippen molar-refractivity contribution in [3.63, 3.8) is 0 Å². The van der Waals surface area contributed by atoms with Crippen molar-refractivity contribution in [3.8, 4) is 22.6 Å². The highest BCUT2D eigenvalue weighted by Crippen LogP contribution is 2.39. The van der Waals surface area contributed by atoms with E-state index in [1.807, 2.05) is 121 Å². The van der Waals surface area contributed by atoms with E-state index in [0.717, 1.165) is 60.5 Å². The quantitative estimate of drug-likeness (QED) is 0.0954. The second-order valence-electron chi connectivity index (χ2n) is 14.3. The van der Waals surface area contributed by atoms with Gasteiger partial charge in [0.25, 0.3) is 0 Å². The molecule has 9 rings (SSSR count). The highest BCUT2D eigenvalue weighted by atomic mass is 79.9. The molecule has 9 aromatic carbocycles. The summed E-state index contributed by atoms with van der Waals surface area (Å²) in [6.45, 7) is 0. The van der Waals surface area contributed by atoms with Crippen molar-refractivity contribution in [1.29, 1.82) is 0 Å². The molecule has 0 saturated carbocycles. The maximum Gasteiger partial charge on any atom is 0.343 e. The molecule has 0 radical (unpaired) electrons. The Balaban J connectivity index is 0.967. The molecule has 0 aliphatic heterocycles. The minimum absolute atomic E-state index is 0.414. The first-order chi connectivity index (χ1) is 29.9. The zero-order chi connectivity index (χ0) is 41.5. The monoisotopic (exact) mass is 856 g/mol. The van der Waals surface area contributed by atoms with Crippen molar-refractivity contribution < 1.29 is 19.1 Å². The van der Waals surface area contributed by atoms with E-state index in [0.29, 0.717) is 22.6 Å². The van der Waals surface area contributed by atoms with Crippen LogP contribution in [0, 0.1) is 0 Å². The number of hydrogen-bond acceptors (Lipinski definition) is 6. The number of para-hydroxylation sites is 2. The van der Waals surface area contributed by atoms with Crippen molar-refractivity contribution in [2.24, 2.45) is 0 Å². The molecular weight excluding hydrogens is 821 g/mol. The molecule has 0 spiro atoms. The summed E-state index contributed by atoms with van der Waals surface area (Å²) in [6.07, 6.45) is 0. The Bertz CT molecular complexity index is 2960. The van der Waals surface area contributed by atoms with Crippen LogP contribution in [0.2, 0.25) is 0 Å². The van der Waals surface area contributed by atoms with Crippen LogP contribution in [-0.4, -0.2) is 11.9 Å². The van der Waals surface area contributed by atoms with Crippen molar-refractivity contribution >= 4 is 72.8 Å². The largest absolute Gasteiger partial charge is 0.423 e. The molecule has 0 fully saturated rings. The van der Waals surface area contributed by atoms with Crippen LogP contribution in [0.4, 0.5) is 34.1 Å². The minimum Gasteiger partial charge on any atom is -0.423 e. The van der Waals surface area contributed by atoms with Crippen LogP contribution >= 0.6 is 15.9 Å². The van der Waals surface area contributed by atoms with Gasteiger partial charge in [0.05, 0.1) is 11.1 Å². The van der Waals surface area contributed by atoms with Crippen molar-refractivity contribution in [2.45, 2.75) is 0 Å². The average Bonchev–Trinajstić information content (AvgIpc) is 3.31. The number of ether oxygens (including phenoxy) is 2. The Hall–Kier alpha value is -7.74. The zero-order valence-corrected chi connectivity index (χ0v) is 34.4. The summed E-state index contributed by atoms with van der Waals surface area (Å²) in [5.74, 6) is 0.0562. The van der Waals surface area contributed by atoms with Crippen LogP contribution in [0.1, 0.15) is 20.7 Å². The fraction of sp³-hybridized carbons (Fsp3) is 0. The van der Waals surface area contributed by atoms with Crippen LogP contribution in [0.5, 0.6) is 11.5 Å². The highest BCUT2D eigenvalue weighted by Gasteiger charge is 2.18. The van der Waals surface area contributed by atoms with E-state index in [1.165, 1.54) is 0 Å². The van der Waals surface area contributed by atoms with Crippen LogP contribution in [0.25, 0.3) is 21.9 Å². The Morgan fingerprint density at radius 2 is 0.754 bits per heavy atom. The Morgan fingerprint density at radius 1 is 0.344 bits per heavy atom. The molecule has 9 aromatic rings. The first-order valence-corrected chi connectivity index (χ1v) is 20.5. The lowest BCUT2D eigenvalue weighted by atomic mass is 10.0. The number of benzene rings is 9. The molecule has 0 aromatic heterocycles. The molecule has 294 valence electrons. The molecule has 0 bridgehead atoms. The standard InChI is InChI=1S/C54H37BrN2O4/c55-44-29-23-41(24-30-44)53(58)60-51-19-9-17-49(36-51)56(45-13-3-1-4-14-45)47-31-25-39(26-32-47)40-27-33-48(34-28-40)57(46-15-5-2-6-16-46)50-18-10-20-52(37-50)61-54(59)43-22-21-38-11-7-8-12-42(38)35-43/h1-37H. The number of anilines is 6. The highest BCUT2D eigenvalue weighted by molar-refractivity contribution is 9.10. The van der Waals surface area contributed by atoms with Crippen LogP contribution in [0.3, 0.4) is 0 Å². The molecule has 0 heterocycles. The van der Waals surface area contributed by atoms with Crippen LogP contribution < -0.4 is 19.3 Å². The normalized spacial score (nSPS) is 10.8. The Kier molecular flexibility index (Phi) is 11.2. The van der Waals surface area contributed by atoms with E-state index in [4.69, 9.17) is 9.47 Å². The average molecular weight is 858 g/mol. The Morgan fingerprint density at radius 3 is 1.26 bits per heavy atom. The second kappa shape index (κ2) is 17.6. The molecule has 0 atom stereocenters. The van der Waals surface area contributed by atoms with Gasteiger partial charge >= 0.3 is 11.9 Å². The fourth-order valence-corrected chi connectivity index (χ4v) is 7.53. The molecule has 0 saturated heterocycles. The molecule has 0 amide bonds. The lowest BCUT2D eigenvalue weighted by Crippen LogP contribution is -2.12. The summed E-state index contributed by atoms with van der Waals surface area (Å²) in [6, 6.07) is 72.8. The smallest absolute Gasteiger partial charge is 0.343 e. The summed E-state index contributed by atoms with van der Waals surface area (Å²) in [7, 11) is 0. The number of carbonyl (C=O) groups excluding carboxylic acids is 2. The van der Waals surface area contributed by atoms with Crippen LogP contribution in [-0.2, 0) is 0 Å². The number of nitrogens with zero attached hydrogens (tertiary/aromatic N) is 2. The maximum atomic E-state index is 13.3. The lowest BCUT2D eigenvalue weighted by Gasteiger charge is -2.26. The van der Waals surface area contributed by atoms with Crippen molar-refractivity contribution in [2.75, 3.05) is 9.80 Å². The number of rotatable bonds is 11. The number of halogens is 1. The summed E-state index contributed by atoms with van der Waals surface area (Å²) in [4.78, 5) is 30.5. The Labute approximate surface area is 362 Å². The van der Waals surface area contributed by atoms with E-state index >= 15 is 0 Å². The van der Waals surface area contributed by atoms with Gasteiger partial charge in [-0.3, -0.25) is 0 Å². The van der Waals surface area contributed by atoms with Gasteiger partial charge in [0.1, 0.15) is 11.5 Å². The van der Waals surface area contributed by atoms with E-state index in [-0.39, 0.29) is 0 Å². The molecular formula is C54H37BrN2O4. The van der Waals surface area contributed by atoms with E-state index in [1.54, 1.807) is 30.3 Å². The van der Waals surface area contributed by atoms with E-state index in [9.17, 15) is 9.59 Å². The minimum atomic E-state index is -0.426. The summed E-state index contributed by atoms with van der Waals surface area (Å²) in [5, 5.41) is 2.05. The first-order valence-electron chi connectivity index (χ1n) is 19.7. The first kappa shape index (κ1) is 38.8. The van der Waals surface area contributed by atoms with E-state index < -0.39 is 11.9 Å². The molecule has 0 aliphatic rings. The molecule has 0 aliphatic carbocycles. The third-order valence-corrected chi connectivity index (χ3v) is 10.8. The molecule has 7 heteroatoms. The third kappa shape index (κ3) is 8.83. The van der Waals surface area contributed by atoms with Crippen molar-refractivity contribution in [3.05, 3.63) is 240 Å². The number of esters is 2.